The monoisotopic (exact) mass is 632 g/mol. The molecular formula is C36H48N4O6. The van der Waals surface area contributed by atoms with Gasteiger partial charge >= 0.3 is 0 Å². The molecule has 0 saturated carbocycles. The second-order valence-electron chi connectivity index (χ2n) is 12.8. The number of amides is 3. The van der Waals surface area contributed by atoms with Crippen LogP contribution in [0.25, 0.3) is 6.08 Å². The molecule has 5 atom stereocenters. The van der Waals surface area contributed by atoms with E-state index in [0.29, 0.717) is 37.8 Å². The molecule has 0 radical (unpaired) electrons. The minimum Gasteiger partial charge on any atom is -0.508 e. The van der Waals surface area contributed by atoms with E-state index < -0.39 is 23.9 Å². The fraction of sp³-hybridized carbons (Fsp3) is 0.500. The lowest BCUT2D eigenvalue weighted by molar-refractivity contribution is -0.144. The van der Waals surface area contributed by atoms with Crippen molar-refractivity contribution in [1.29, 1.82) is 0 Å². The molecule has 46 heavy (non-hydrogen) atoms. The van der Waals surface area contributed by atoms with E-state index in [2.05, 4.69) is 22.1 Å². The number of ketones is 1. The molecule has 1 saturated heterocycles. The van der Waals surface area contributed by atoms with Gasteiger partial charge in [-0.3, -0.25) is 24.2 Å². The third-order valence-electron chi connectivity index (χ3n) is 8.85. The molecule has 0 unspecified atom stereocenters. The molecular weight excluding hydrogens is 584 g/mol. The Bertz CT molecular complexity index is 1410. The molecule has 2 aromatic rings. The summed E-state index contributed by atoms with van der Waals surface area (Å²) in [4.78, 5) is 54.4. The first-order valence-corrected chi connectivity index (χ1v) is 16.3. The van der Waals surface area contributed by atoms with Crippen LogP contribution in [0.2, 0.25) is 0 Å². The van der Waals surface area contributed by atoms with Crippen LogP contribution in [0.3, 0.4) is 0 Å². The summed E-state index contributed by atoms with van der Waals surface area (Å²) >= 11 is 0. The Morgan fingerprint density at radius 3 is 2.50 bits per heavy atom. The van der Waals surface area contributed by atoms with Gasteiger partial charge in [0.05, 0.1) is 12.1 Å². The Labute approximate surface area is 271 Å². The Morgan fingerprint density at radius 2 is 1.76 bits per heavy atom. The van der Waals surface area contributed by atoms with Crippen LogP contribution in [-0.2, 0) is 30.3 Å². The molecule has 0 aromatic heterocycles. The zero-order valence-electron chi connectivity index (χ0n) is 27.3. The van der Waals surface area contributed by atoms with Crippen LogP contribution in [0.1, 0.15) is 82.0 Å². The van der Waals surface area contributed by atoms with Gasteiger partial charge in [-0.05, 0) is 73.4 Å². The maximum absolute atomic E-state index is 14.0. The van der Waals surface area contributed by atoms with E-state index in [1.165, 1.54) is 11.1 Å². The molecule has 4 bridgehead atoms. The fourth-order valence-electron chi connectivity index (χ4n) is 6.07. The zero-order chi connectivity index (χ0) is 33.2. The number of Topliss-reactive ketones (excluding diaryl/α,β-unsaturated/α-hetero) is 1. The number of carbonyl (C=O) groups excluding carboxylic acids is 4. The lowest BCUT2D eigenvalue weighted by Gasteiger charge is -2.36. The number of hydrogen-bond donors (Lipinski definition) is 4. The number of nitrogens with zero attached hydrogens (tertiary/aromatic N) is 1. The number of hydrazine groups is 1. The minimum absolute atomic E-state index is 0.0292. The normalized spacial score (nSPS) is 26.5. The summed E-state index contributed by atoms with van der Waals surface area (Å²) in [5.41, 5.74) is 5.72. The Balaban J connectivity index is 1.64. The van der Waals surface area contributed by atoms with Crippen molar-refractivity contribution in [3.8, 4) is 5.75 Å². The van der Waals surface area contributed by atoms with E-state index in [9.17, 15) is 24.3 Å². The molecule has 4 rings (SSSR count). The van der Waals surface area contributed by atoms with Crippen molar-refractivity contribution in [1.82, 2.24) is 21.1 Å². The van der Waals surface area contributed by atoms with E-state index >= 15 is 0 Å². The van der Waals surface area contributed by atoms with Crippen molar-refractivity contribution in [3.63, 3.8) is 0 Å². The second kappa shape index (κ2) is 16.5. The summed E-state index contributed by atoms with van der Waals surface area (Å²) < 4.78 is 5.62. The number of phenols is 1. The van der Waals surface area contributed by atoms with E-state index in [0.717, 1.165) is 11.1 Å². The number of carbonyl (C=O) groups is 4. The second-order valence-corrected chi connectivity index (χ2v) is 12.8. The standard InChI is InChI=1S/C36H48N4O6/c1-23(2)31-22-29(42)21-30(46-4)15-6-5-10-25-11-7-13-27(18-25)24(3)37-35(44)32-16-9-17-40(39-32)36(45)33(38-34(31)43)20-26-12-8-14-28(41)19-26/h5,7-8,10-14,18-19,23-24,30-33,39,41H,6,9,15-17,20-22H2,1-4H3,(H,37,44)(H,38,43)/b10-5+/t24-,30-,31+,32+,33+/m1/s1. The van der Waals surface area contributed by atoms with Crippen molar-refractivity contribution in [2.75, 3.05) is 13.7 Å². The van der Waals surface area contributed by atoms with Gasteiger partial charge in [0.15, 0.2) is 0 Å². The highest BCUT2D eigenvalue weighted by molar-refractivity contribution is 5.92. The van der Waals surface area contributed by atoms with Gasteiger partial charge in [0.2, 0.25) is 11.8 Å². The lowest BCUT2D eigenvalue weighted by atomic mass is 9.87. The number of methoxy groups -OCH3 is 1. The maximum Gasteiger partial charge on any atom is 0.259 e. The highest BCUT2D eigenvalue weighted by atomic mass is 16.5. The molecule has 2 aromatic carbocycles. The van der Waals surface area contributed by atoms with Crippen molar-refractivity contribution >= 4 is 29.6 Å². The molecule has 2 aliphatic rings. The third kappa shape index (κ3) is 9.74. The number of nitrogens with one attached hydrogen (secondary N) is 3. The Hall–Kier alpha value is -4.02. The zero-order valence-corrected chi connectivity index (χ0v) is 27.3. The van der Waals surface area contributed by atoms with Crippen LogP contribution < -0.4 is 16.1 Å². The van der Waals surface area contributed by atoms with Crippen LogP contribution >= 0.6 is 0 Å². The molecule has 248 valence electrons. The van der Waals surface area contributed by atoms with E-state index in [4.69, 9.17) is 4.74 Å². The predicted molar refractivity (Wildman–Crippen MR) is 176 cm³/mol. The summed E-state index contributed by atoms with van der Waals surface area (Å²) in [6.07, 6.45) is 6.64. The van der Waals surface area contributed by atoms with Crippen LogP contribution in [0.5, 0.6) is 5.75 Å². The molecule has 3 amide bonds. The smallest absolute Gasteiger partial charge is 0.259 e. The quantitative estimate of drug-likeness (QED) is 0.396. The van der Waals surface area contributed by atoms with Crippen molar-refractivity contribution in [3.05, 3.63) is 71.3 Å². The van der Waals surface area contributed by atoms with Crippen LogP contribution in [0, 0.1) is 11.8 Å². The number of rotatable bonds is 4. The number of benzene rings is 2. The van der Waals surface area contributed by atoms with Gasteiger partial charge in [0.1, 0.15) is 23.6 Å². The van der Waals surface area contributed by atoms with Gasteiger partial charge in [0, 0.05) is 38.8 Å². The van der Waals surface area contributed by atoms with Crippen molar-refractivity contribution < 1.29 is 29.0 Å². The molecule has 2 aliphatic heterocycles. The van der Waals surface area contributed by atoms with Crippen molar-refractivity contribution in [2.24, 2.45) is 11.8 Å². The van der Waals surface area contributed by atoms with Gasteiger partial charge in [0.25, 0.3) is 5.91 Å². The summed E-state index contributed by atoms with van der Waals surface area (Å²) in [5, 5.41) is 17.5. The van der Waals surface area contributed by atoms with Gasteiger partial charge in [-0.25, -0.2) is 5.43 Å². The predicted octanol–water partition coefficient (Wildman–Crippen LogP) is 4.24. The summed E-state index contributed by atoms with van der Waals surface area (Å²) in [5.74, 6) is -1.82. The molecule has 0 spiro atoms. The minimum atomic E-state index is -0.988. The Kier molecular flexibility index (Phi) is 12.5. The number of aromatic hydroxyl groups is 1. The summed E-state index contributed by atoms with van der Waals surface area (Å²) in [6.45, 7) is 6.07. The molecule has 10 nitrogen and oxygen atoms in total. The largest absolute Gasteiger partial charge is 0.508 e. The van der Waals surface area contributed by atoms with Crippen LogP contribution in [0.4, 0.5) is 0 Å². The van der Waals surface area contributed by atoms with Crippen LogP contribution in [0.15, 0.2) is 54.6 Å². The number of hydrogen-bond acceptors (Lipinski definition) is 7. The maximum atomic E-state index is 14.0. The highest BCUT2D eigenvalue weighted by Crippen LogP contribution is 2.22. The lowest BCUT2D eigenvalue weighted by Crippen LogP contribution is -2.62. The average molecular weight is 633 g/mol. The third-order valence-corrected chi connectivity index (χ3v) is 8.85. The number of phenolic OH excluding ortho intramolecular Hbond substituents is 1. The summed E-state index contributed by atoms with van der Waals surface area (Å²) in [6, 6.07) is 12.6. The van der Waals surface area contributed by atoms with E-state index in [1.807, 2.05) is 51.1 Å². The van der Waals surface area contributed by atoms with Gasteiger partial charge in [-0.2, -0.15) is 0 Å². The number of fused-ring (bicyclic) bond motifs is 4. The van der Waals surface area contributed by atoms with Gasteiger partial charge in [-0.1, -0.05) is 56.3 Å². The first-order valence-electron chi connectivity index (χ1n) is 16.3. The summed E-state index contributed by atoms with van der Waals surface area (Å²) in [7, 11) is 1.59. The molecule has 2 heterocycles. The number of allylic oxidation sites excluding steroid dienone is 1. The number of ether oxygens (including phenoxy) is 1. The first-order chi connectivity index (χ1) is 22.0. The van der Waals surface area contributed by atoms with E-state index in [1.54, 1.807) is 25.3 Å². The fourth-order valence-corrected chi connectivity index (χ4v) is 6.07. The highest BCUT2D eigenvalue weighted by Gasteiger charge is 2.35. The molecule has 4 N–H and O–H groups in total. The van der Waals surface area contributed by atoms with Crippen LogP contribution in [-0.4, -0.2) is 65.5 Å². The molecule has 0 aliphatic carbocycles. The van der Waals surface area contributed by atoms with Gasteiger partial charge in [-0.15, -0.1) is 0 Å². The topological polar surface area (TPSA) is 137 Å². The van der Waals surface area contributed by atoms with Gasteiger partial charge < -0.3 is 20.5 Å². The van der Waals surface area contributed by atoms with E-state index in [-0.39, 0.29) is 60.7 Å². The van der Waals surface area contributed by atoms with Crippen molar-refractivity contribution in [2.45, 2.75) is 89.9 Å². The molecule has 10 heteroatoms. The molecule has 1 fully saturated rings. The SMILES string of the molecule is CO[C@@H]1CC/C=C/c2cccc(c2)[C@@H](C)NC(=O)[C@@H]2CCCN(N2)C(=O)[C@H](Cc2cccc(O)c2)NC(=O)[C@H](C(C)C)CC(=O)C1. The average Bonchev–Trinajstić information content (AvgIpc) is 3.04. The first kappa shape index (κ1) is 34.8. The Morgan fingerprint density at radius 1 is 0.978 bits per heavy atom.